The number of hydrogen-bond acceptors (Lipinski definition) is 2. The topological polar surface area (TPSA) is 49.4 Å². The number of nitrogens with zero attached hydrogens (tertiary/aromatic N) is 1. The molecule has 0 spiro atoms. The van der Waals surface area contributed by atoms with Crippen molar-refractivity contribution >= 4 is 23.4 Å². The highest BCUT2D eigenvalue weighted by molar-refractivity contribution is 6.30. The predicted octanol–water partition coefficient (Wildman–Crippen LogP) is 3.43. The lowest BCUT2D eigenvalue weighted by Gasteiger charge is -2.21. The van der Waals surface area contributed by atoms with E-state index in [-0.39, 0.29) is 11.8 Å². The Bertz CT molecular complexity index is 696. The molecule has 0 atom stereocenters. The summed E-state index contributed by atoms with van der Waals surface area (Å²) in [4.78, 5) is 25.6. The van der Waals surface area contributed by atoms with Crippen molar-refractivity contribution in [2.75, 3.05) is 13.1 Å². The van der Waals surface area contributed by atoms with E-state index in [2.05, 4.69) is 5.32 Å². The van der Waals surface area contributed by atoms with Crippen molar-refractivity contribution in [2.24, 2.45) is 0 Å². The molecule has 0 saturated carbocycles. The first-order chi connectivity index (χ1) is 11.5. The zero-order chi connectivity index (χ0) is 17.5. The van der Waals surface area contributed by atoms with Crippen LogP contribution in [0.25, 0.3) is 0 Å². The van der Waals surface area contributed by atoms with Gasteiger partial charge in [0.1, 0.15) is 0 Å². The number of benzene rings is 2. The number of hydrogen-bond donors (Lipinski definition) is 1. The maximum absolute atomic E-state index is 12.0. The second kappa shape index (κ2) is 8.50. The van der Waals surface area contributed by atoms with E-state index in [1.54, 1.807) is 29.2 Å². The molecule has 1 N–H and O–H groups in total. The average Bonchev–Trinajstić information content (AvgIpc) is 2.56. The molecule has 0 saturated heterocycles. The molecule has 0 heterocycles. The largest absolute Gasteiger partial charge is 0.350 e. The van der Waals surface area contributed by atoms with Crippen molar-refractivity contribution in [1.82, 2.24) is 10.2 Å². The van der Waals surface area contributed by atoms with Gasteiger partial charge in [-0.3, -0.25) is 9.59 Å². The molecule has 0 aliphatic rings. The van der Waals surface area contributed by atoms with E-state index >= 15 is 0 Å². The van der Waals surface area contributed by atoms with Crippen LogP contribution >= 0.6 is 11.6 Å². The van der Waals surface area contributed by atoms with E-state index in [0.29, 0.717) is 30.2 Å². The molecule has 2 aromatic carbocycles. The normalized spacial score (nSPS) is 10.3. The molecular formula is C19H21ClN2O2. The lowest BCUT2D eigenvalue weighted by atomic mass is 10.1. The highest BCUT2D eigenvalue weighted by Gasteiger charge is 2.11. The Morgan fingerprint density at radius 3 is 2.25 bits per heavy atom. The summed E-state index contributed by atoms with van der Waals surface area (Å²) < 4.78 is 0. The number of aryl methyl sites for hydroxylation is 1. The Morgan fingerprint density at radius 1 is 1.04 bits per heavy atom. The van der Waals surface area contributed by atoms with Gasteiger partial charge in [0.2, 0.25) is 5.91 Å². The van der Waals surface area contributed by atoms with Crippen LogP contribution in [0, 0.1) is 6.92 Å². The monoisotopic (exact) mass is 344 g/mol. The molecule has 126 valence electrons. The van der Waals surface area contributed by atoms with Crippen molar-refractivity contribution in [1.29, 1.82) is 0 Å². The molecule has 24 heavy (non-hydrogen) atoms. The third-order valence-electron chi connectivity index (χ3n) is 3.71. The van der Waals surface area contributed by atoms with Gasteiger partial charge in [0.05, 0.1) is 0 Å². The van der Waals surface area contributed by atoms with Crippen LogP contribution in [0.15, 0.2) is 48.5 Å². The van der Waals surface area contributed by atoms with Crippen LogP contribution in [0.2, 0.25) is 5.02 Å². The summed E-state index contributed by atoms with van der Waals surface area (Å²) >= 11 is 5.81. The zero-order valence-corrected chi connectivity index (χ0v) is 14.6. The highest BCUT2D eigenvalue weighted by atomic mass is 35.5. The first-order valence-electron chi connectivity index (χ1n) is 7.80. The van der Waals surface area contributed by atoms with E-state index in [4.69, 9.17) is 11.6 Å². The average molecular weight is 345 g/mol. The van der Waals surface area contributed by atoms with Crippen LogP contribution in [0.3, 0.4) is 0 Å². The molecule has 2 aromatic rings. The quantitative estimate of drug-likeness (QED) is 0.872. The van der Waals surface area contributed by atoms with Gasteiger partial charge in [-0.25, -0.2) is 0 Å². The highest BCUT2D eigenvalue weighted by Crippen LogP contribution is 2.09. The summed E-state index contributed by atoms with van der Waals surface area (Å²) in [5.41, 5.74) is 2.80. The van der Waals surface area contributed by atoms with Crippen LogP contribution in [0.4, 0.5) is 0 Å². The molecule has 0 aromatic heterocycles. The molecule has 5 heteroatoms. The molecule has 0 fully saturated rings. The van der Waals surface area contributed by atoms with E-state index in [0.717, 1.165) is 5.56 Å². The zero-order valence-electron chi connectivity index (χ0n) is 13.9. The van der Waals surface area contributed by atoms with Crippen LogP contribution in [0.5, 0.6) is 0 Å². The summed E-state index contributed by atoms with van der Waals surface area (Å²) in [6.07, 6.45) is 0. The fraction of sp³-hybridized carbons (Fsp3) is 0.263. The van der Waals surface area contributed by atoms with Gasteiger partial charge in [0.25, 0.3) is 5.91 Å². The maximum Gasteiger partial charge on any atom is 0.251 e. The molecule has 0 bridgehead atoms. The van der Waals surface area contributed by atoms with Crippen molar-refractivity contribution in [3.05, 3.63) is 70.2 Å². The number of nitrogens with one attached hydrogen (secondary N) is 1. The first-order valence-corrected chi connectivity index (χ1v) is 8.18. The maximum atomic E-state index is 12.0. The molecule has 0 aliphatic carbocycles. The van der Waals surface area contributed by atoms with Crippen LogP contribution in [-0.4, -0.2) is 29.8 Å². The summed E-state index contributed by atoms with van der Waals surface area (Å²) in [7, 11) is 0. The summed E-state index contributed by atoms with van der Waals surface area (Å²) in [5.74, 6) is -0.193. The minimum Gasteiger partial charge on any atom is -0.350 e. The standard InChI is InChI=1S/C19H21ClN2O2/c1-14-3-5-16(6-4-14)13-22(15(2)23)12-11-21-19(24)17-7-9-18(20)10-8-17/h3-10H,11-13H2,1-2H3,(H,21,24). The fourth-order valence-electron chi connectivity index (χ4n) is 2.27. The molecule has 4 nitrogen and oxygen atoms in total. The van der Waals surface area contributed by atoms with Gasteiger partial charge in [0.15, 0.2) is 0 Å². The van der Waals surface area contributed by atoms with Gasteiger partial charge in [-0.15, -0.1) is 0 Å². The second-order valence-corrected chi connectivity index (χ2v) is 6.13. The third-order valence-corrected chi connectivity index (χ3v) is 3.97. The lowest BCUT2D eigenvalue weighted by Crippen LogP contribution is -2.37. The number of amides is 2. The minimum atomic E-state index is -0.175. The Balaban J connectivity index is 1.87. The number of rotatable bonds is 6. The fourth-order valence-corrected chi connectivity index (χ4v) is 2.40. The molecule has 0 aliphatic heterocycles. The van der Waals surface area contributed by atoms with Gasteiger partial charge in [-0.05, 0) is 36.8 Å². The van der Waals surface area contributed by atoms with Gasteiger partial charge in [0, 0.05) is 37.1 Å². The second-order valence-electron chi connectivity index (χ2n) is 5.69. The van der Waals surface area contributed by atoms with Crippen molar-refractivity contribution in [3.63, 3.8) is 0 Å². The van der Waals surface area contributed by atoms with E-state index in [9.17, 15) is 9.59 Å². The van der Waals surface area contributed by atoms with Gasteiger partial charge in [-0.1, -0.05) is 41.4 Å². The van der Waals surface area contributed by atoms with Crippen molar-refractivity contribution in [2.45, 2.75) is 20.4 Å². The Morgan fingerprint density at radius 2 is 1.67 bits per heavy atom. The van der Waals surface area contributed by atoms with Crippen LogP contribution < -0.4 is 5.32 Å². The Kier molecular flexibility index (Phi) is 6.38. The van der Waals surface area contributed by atoms with Gasteiger partial charge in [-0.2, -0.15) is 0 Å². The van der Waals surface area contributed by atoms with Crippen LogP contribution in [0.1, 0.15) is 28.4 Å². The van der Waals surface area contributed by atoms with Gasteiger partial charge >= 0.3 is 0 Å². The molecule has 0 unspecified atom stereocenters. The smallest absolute Gasteiger partial charge is 0.251 e. The predicted molar refractivity (Wildman–Crippen MR) is 96.1 cm³/mol. The number of carbonyl (C=O) groups excluding carboxylic acids is 2. The number of carbonyl (C=O) groups is 2. The Hall–Kier alpha value is -2.33. The SMILES string of the molecule is CC(=O)N(CCNC(=O)c1ccc(Cl)cc1)Cc1ccc(C)cc1. The third kappa shape index (κ3) is 5.39. The first kappa shape index (κ1) is 18.0. The Labute approximate surface area is 147 Å². The van der Waals surface area contributed by atoms with Crippen molar-refractivity contribution in [3.8, 4) is 0 Å². The molecule has 0 radical (unpaired) electrons. The van der Waals surface area contributed by atoms with E-state index in [1.807, 2.05) is 31.2 Å². The minimum absolute atomic E-state index is 0.0173. The summed E-state index contributed by atoms with van der Waals surface area (Å²) in [6, 6.07) is 14.8. The van der Waals surface area contributed by atoms with Crippen molar-refractivity contribution < 1.29 is 9.59 Å². The molecule has 2 rings (SSSR count). The molecule has 2 amide bonds. The van der Waals surface area contributed by atoms with E-state index in [1.165, 1.54) is 12.5 Å². The van der Waals surface area contributed by atoms with Crippen LogP contribution in [-0.2, 0) is 11.3 Å². The molecular weight excluding hydrogens is 324 g/mol. The number of halogens is 1. The van der Waals surface area contributed by atoms with Gasteiger partial charge < -0.3 is 10.2 Å². The summed E-state index contributed by atoms with van der Waals surface area (Å²) in [6.45, 7) is 4.95. The lowest BCUT2D eigenvalue weighted by molar-refractivity contribution is -0.129. The summed E-state index contributed by atoms with van der Waals surface area (Å²) in [5, 5.41) is 3.41. The van der Waals surface area contributed by atoms with E-state index < -0.39 is 0 Å².